The summed E-state index contributed by atoms with van der Waals surface area (Å²) >= 11 is 0. The summed E-state index contributed by atoms with van der Waals surface area (Å²) in [6.45, 7) is 2.44. The first kappa shape index (κ1) is 14.5. The third-order valence-corrected chi connectivity index (χ3v) is 5.97. The minimum atomic E-state index is -3.54. The number of benzene rings is 1. The molecule has 2 heterocycles. The third kappa shape index (κ3) is 2.81. The fraction of sp³-hybridized carbons (Fsp3) is 0.500. The molecule has 0 aromatic heterocycles. The Morgan fingerprint density at radius 2 is 1.95 bits per heavy atom. The summed E-state index contributed by atoms with van der Waals surface area (Å²) in [5, 5.41) is 5.96. The Labute approximate surface area is 124 Å². The van der Waals surface area contributed by atoms with Gasteiger partial charge in [-0.3, -0.25) is 4.79 Å². The molecular weight excluding hydrogens is 290 g/mol. The lowest BCUT2D eigenvalue weighted by atomic mass is 10.0. The van der Waals surface area contributed by atoms with Gasteiger partial charge in [0.05, 0.1) is 4.90 Å². The molecule has 0 atom stereocenters. The van der Waals surface area contributed by atoms with Crippen LogP contribution in [0.2, 0.25) is 0 Å². The maximum Gasteiger partial charge on any atom is 0.243 e. The lowest BCUT2D eigenvalue weighted by molar-refractivity contribution is -0.120. The molecule has 0 radical (unpaired) electrons. The molecule has 0 spiro atoms. The molecule has 1 aromatic rings. The quantitative estimate of drug-likeness (QED) is 0.796. The van der Waals surface area contributed by atoms with Crippen molar-refractivity contribution < 1.29 is 13.2 Å². The molecule has 2 aliphatic heterocycles. The number of hydrogen-bond acceptors (Lipinski definition) is 4. The highest BCUT2D eigenvalue weighted by Crippen LogP contribution is 2.26. The van der Waals surface area contributed by atoms with Crippen molar-refractivity contribution in [2.45, 2.75) is 24.3 Å². The van der Waals surface area contributed by atoms with Gasteiger partial charge in [0.15, 0.2) is 0 Å². The van der Waals surface area contributed by atoms with E-state index in [0.29, 0.717) is 24.5 Å². The number of amides is 1. The molecule has 0 unspecified atom stereocenters. The Morgan fingerprint density at radius 1 is 1.10 bits per heavy atom. The minimum Gasteiger partial charge on any atom is -0.355 e. The average Bonchev–Trinajstić information content (AvgIpc) is 2.72. The number of hydrogen-bond donors (Lipinski definition) is 2. The normalized spacial score (nSPS) is 20.5. The van der Waals surface area contributed by atoms with Gasteiger partial charge in [0, 0.05) is 32.6 Å². The Hall–Kier alpha value is -1.44. The summed E-state index contributed by atoms with van der Waals surface area (Å²) < 4.78 is 27.2. The Kier molecular flexibility index (Phi) is 3.97. The maximum atomic E-state index is 12.9. The van der Waals surface area contributed by atoms with E-state index in [4.69, 9.17) is 0 Å². The van der Waals surface area contributed by atoms with Crippen LogP contribution in [0.15, 0.2) is 23.1 Å². The third-order valence-electron chi connectivity index (χ3n) is 3.99. The molecule has 3 rings (SSSR count). The van der Waals surface area contributed by atoms with E-state index in [1.54, 1.807) is 12.1 Å². The SMILES string of the molecule is O=C1CCN(S(=O)(=O)c2cccc3c2CCNC3)CCN1. The monoisotopic (exact) mass is 309 g/mol. The van der Waals surface area contributed by atoms with Gasteiger partial charge in [0.1, 0.15) is 0 Å². The van der Waals surface area contributed by atoms with Crippen molar-refractivity contribution in [1.29, 1.82) is 0 Å². The van der Waals surface area contributed by atoms with Gasteiger partial charge in [-0.25, -0.2) is 8.42 Å². The first-order valence-corrected chi connectivity index (χ1v) is 8.61. The molecule has 2 aliphatic rings. The molecule has 0 saturated carbocycles. The molecule has 0 bridgehead atoms. The Balaban J connectivity index is 1.96. The number of carbonyl (C=O) groups is 1. The summed E-state index contributed by atoms with van der Waals surface area (Å²) in [7, 11) is -3.54. The van der Waals surface area contributed by atoms with Gasteiger partial charge in [0.2, 0.25) is 15.9 Å². The zero-order valence-corrected chi connectivity index (χ0v) is 12.6. The highest BCUT2D eigenvalue weighted by Gasteiger charge is 2.30. The predicted octanol–water partition coefficient (Wildman–Crippen LogP) is -0.157. The second-order valence-electron chi connectivity index (χ2n) is 5.32. The van der Waals surface area contributed by atoms with Crippen molar-refractivity contribution in [3.05, 3.63) is 29.3 Å². The molecule has 1 saturated heterocycles. The highest BCUT2D eigenvalue weighted by atomic mass is 32.2. The van der Waals surface area contributed by atoms with Crippen molar-refractivity contribution in [2.24, 2.45) is 0 Å². The van der Waals surface area contributed by atoms with Crippen molar-refractivity contribution >= 4 is 15.9 Å². The van der Waals surface area contributed by atoms with Gasteiger partial charge < -0.3 is 10.6 Å². The van der Waals surface area contributed by atoms with E-state index < -0.39 is 10.0 Å². The zero-order valence-electron chi connectivity index (χ0n) is 11.8. The number of fused-ring (bicyclic) bond motifs is 1. The average molecular weight is 309 g/mol. The van der Waals surface area contributed by atoms with Gasteiger partial charge in [-0.2, -0.15) is 4.31 Å². The van der Waals surface area contributed by atoms with Gasteiger partial charge in [-0.05, 0) is 30.2 Å². The molecule has 1 amide bonds. The van der Waals surface area contributed by atoms with E-state index >= 15 is 0 Å². The lowest BCUT2D eigenvalue weighted by Gasteiger charge is -2.24. The predicted molar refractivity (Wildman–Crippen MR) is 78.2 cm³/mol. The van der Waals surface area contributed by atoms with Crippen LogP contribution in [-0.4, -0.2) is 44.8 Å². The molecule has 1 aromatic carbocycles. The standard InChI is InChI=1S/C14H19N3O3S/c18-14-5-8-17(9-7-16-14)21(19,20)13-3-1-2-11-10-15-6-4-12(11)13/h1-3,15H,4-10H2,(H,16,18). The van der Waals surface area contributed by atoms with Crippen molar-refractivity contribution in [2.75, 3.05) is 26.2 Å². The molecule has 7 heteroatoms. The van der Waals surface area contributed by atoms with Crippen LogP contribution in [0.25, 0.3) is 0 Å². The van der Waals surface area contributed by atoms with E-state index in [1.165, 1.54) is 4.31 Å². The Morgan fingerprint density at radius 3 is 2.81 bits per heavy atom. The van der Waals surface area contributed by atoms with Crippen molar-refractivity contribution in [1.82, 2.24) is 14.9 Å². The number of nitrogens with one attached hydrogen (secondary N) is 2. The van der Waals surface area contributed by atoms with Crippen LogP contribution >= 0.6 is 0 Å². The number of sulfonamides is 1. The maximum absolute atomic E-state index is 12.9. The molecule has 2 N–H and O–H groups in total. The molecule has 6 nitrogen and oxygen atoms in total. The summed E-state index contributed by atoms with van der Waals surface area (Å²) in [6.07, 6.45) is 0.936. The van der Waals surface area contributed by atoms with Gasteiger partial charge in [-0.15, -0.1) is 0 Å². The van der Waals surface area contributed by atoms with Crippen LogP contribution < -0.4 is 10.6 Å². The van der Waals surface area contributed by atoms with E-state index in [2.05, 4.69) is 10.6 Å². The first-order chi connectivity index (χ1) is 10.1. The van der Waals surface area contributed by atoms with Crippen LogP contribution in [0, 0.1) is 0 Å². The van der Waals surface area contributed by atoms with Gasteiger partial charge in [0.25, 0.3) is 0 Å². The van der Waals surface area contributed by atoms with Crippen molar-refractivity contribution in [3.8, 4) is 0 Å². The summed E-state index contributed by atoms with van der Waals surface area (Å²) in [5.41, 5.74) is 1.96. The van der Waals surface area contributed by atoms with E-state index in [1.807, 2.05) is 6.07 Å². The zero-order chi connectivity index (χ0) is 14.9. The van der Waals surface area contributed by atoms with Gasteiger partial charge in [-0.1, -0.05) is 12.1 Å². The minimum absolute atomic E-state index is 0.0907. The number of carbonyl (C=O) groups excluding carboxylic acids is 1. The fourth-order valence-electron chi connectivity index (χ4n) is 2.86. The second-order valence-corrected chi connectivity index (χ2v) is 7.23. The topological polar surface area (TPSA) is 78.5 Å². The lowest BCUT2D eigenvalue weighted by Crippen LogP contribution is -2.35. The summed E-state index contributed by atoms with van der Waals surface area (Å²) in [6, 6.07) is 5.44. The van der Waals surface area contributed by atoms with E-state index in [0.717, 1.165) is 24.1 Å². The molecule has 0 aliphatic carbocycles. The smallest absolute Gasteiger partial charge is 0.243 e. The number of rotatable bonds is 2. The molecular formula is C14H19N3O3S. The number of nitrogens with zero attached hydrogens (tertiary/aromatic N) is 1. The van der Waals surface area contributed by atoms with E-state index in [-0.39, 0.29) is 18.9 Å². The Bertz CT molecular complexity index is 657. The molecule has 1 fully saturated rings. The molecule has 114 valence electrons. The van der Waals surface area contributed by atoms with Crippen LogP contribution in [0.3, 0.4) is 0 Å². The van der Waals surface area contributed by atoms with Crippen molar-refractivity contribution in [3.63, 3.8) is 0 Å². The van der Waals surface area contributed by atoms with Gasteiger partial charge >= 0.3 is 0 Å². The second kappa shape index (κ2) is 5.75. The van der Waals surface area contributed by atoms with Crippen LogP contribution in [0.4, 0.5) is 0 Å². The van der Waals surface area contributed by atoms with Crippen LogP contribution in [-0.2, 0) is 27.8 Å². The highest BCUT2D eigenvalue weighted by molar-refractivity contribution is 7.89. The summed E-state index contributed by atoms with van der Waals surface area (Å²) in [4.78, 5) is 11.8. The molecule has 21 heavy (non-hydrogen) atoms. The van der Waals surface area contributed by atoms with Crippen LogP contribution in [0.5, 0.6) is 0 Å². The summed E-state index contributed by atoms with van der Waals surface area (Å²) in [5.74, 6) is -0.0907. The van der Waals surface area contributed by atoms with E-state index in [9.17, 15) is 13.2 Å². The largest absolute Gasteiger partial charge is 0.355 e. The first-order valence-electron chi connectivity index (χ1n) is 7.17. The van der Waals surface area contributed by atoms with Crippen LogP contribution in [0.1, 0.15) is 17.5 Å². The fourth-order valence-corrected chi connectivity index (χ4v) is 4.60.